The minimum Gasteiger partial charge on any atom is -0.504 e. The Hall–Kier alpha value is -1.44. The Labute approximate surface area is 58.4 Å². The molecule has 2 heteroatoms. The van der Waals surface area contributed by atoms with Crippen molar-refractivity contribution in [3.05, 3.63) is 22.6 Å². The summed E-state index contributed by atoms with van der Waals surface area (Å²) in [5.74, 6) is -0.310. The van der Waals surface area contributed by atoms with Crippen LogP contribution in [0.3, 0.4) is 0 Å². The molecule has 0 heterocycles. The van der Waals surface area contributed by atoms with Crippen LogP contribution >= 0.6 is 0 Å². The summed E-state index contributed by atoms with van der Waals surface area (Å²) in [6, 6.07) is 2.75. The van der Waals surface area contributed by atoms with Crippen LogP contribution in [0.5, 0.6) is 11.5 Å². The third-order valence-corrected chi connectivity index (χ3v) is 1.30. The highest BCUT2D eigenvalue weighted by Crippen LogP contribution is 2.17. The normalized spacial score (nSPS) is 9.60. The Kier molecular flexibility index (Phi) is 1.38. The molecule has 0 aliphatic heterocycles. The monoisotopic (exact) mass is 136 g/mol. The molecule has 0 atom stereocenters. The molecule has 0 radical (unpaired) electrons. The number of phenolic OH excluding ortho intramolecular Hbond substituents is 2. The fourth-order valence-corrected chi connectivity index (χ4v) is 0.663. The van der Waals surface area contributed by atoms with Gasteiger partial charge in [0, 0.05) is 0 Å². The number of hydrogen-bond acceptors (Lipinski definition) is 2. The van der Waals surface area contributed by atoms with Crippen molar-refractivity contribution in [2.45, 2.75) is 0 Å². The van der Waals surface area contributed by atoms with Gasteiger partial charge in [0.05, 0.1) is 0 Å². The van der Waals surface area contributed by atoms with Gasteiger partial charge in [-0.15, -0.1) is 0 Å². The number of aromatic hydroxyl groups is 2. The molecule has 0 fully saturated rings. The van der Waals surface area contributed by atoms with Gasteiger partial charge in [0.15, 0.2) is 11.5 Å². The average Bonchev–Trinajstić information content (AvgIpc) is 1.84. The third kappa shape index (κ3) is 0.957. The van der Waals surface area contributed by atoms with E-state index in [0.29, 0.717) is 10.4 Å². The third-order valence-electron chi connectivity index (χ3n) is 1.30. The van der Waals surface area contributed by atoms with Crippen molar-refractivity contribution in [1.29, 1.82) is 0 Å². The fraction of sp³-hybridized carbons (Fsp3) is 0. The van der Waals surface area contributed by atoms with E-state index in [9.17, 15) is 0 Å². The van der Waals surface area contributed by atoms with Crippen LogP contribution in [0, 0.1) is 0 Å². The van der Waals surface area contributed by atoms with Crippen LogP contribution in [-0.2, 0) is 0 Å². The summed E-state index contributed by atoms with van der Waals surface area (Å²) in [5.41, 5.74) is 0. The van der Waals surface area contributed by atoms with Crippen molar-refractivity contribution in [2.24, 2.45) is 0 Å². The first kappa shape index (κ1) is 6.68. The zero-order chi connectivity index (χ0) is 7.72. The molecule has 1 rings (SSSR count). The maximum absolute atomic E-state index is 8.91. The van der Waals surface area contributed by atoms with Gasteiger partial charge in [0.25, 0.3) is 0 Å². The number of rotatable bonds is 0. The van der Waals surface area contributed by atoms with Gasteiger partial charge in [-0.3, -0.25) is 0 Å². The Morgan fingerprint density at radius 3 is 1.50 bits per heavy atom. The van der Waals surface area contributed by atoms with Gasteiger partial charge in [0.1, 0.15) is 0 Å². The molecule has 0 aromatic heterocycles. The molecular formula is C8H8O2. The molecule has 2 nitrogen and oxygen atoms in total. The zero-order valence-corrected chi connectivity index (χ0v) is 5.46. The number of benzene rings is 1. The van der Waals surface area contributed by atoms with Crippen molar-refractivity contribution in [2.75, 3.05) is 0 Å². The Bertz CT molecular complexity index is 306. The van der Waals surface area contributed by atoms with E-state index in [4.69, 9.17) is 10.2 Å². The lowest BCUT2D eigenvalue weighted by Crippen LogP contribution is -2.19. The molecule has 0 bridgehead atoms. The van der Waals surface area contributed by atoms with Crippen molar-refractivity contribution in [3.8, 4) is 11.5 Å². The van der Waals surface area contributed by atoms with E-state index in [1.807, 2.05) is 0 Å². The Balaban J connectivity index is 3.59. The van der Waals surface area contributed by atoms with Gasteiger partial charge in [-0.1, -0.05) is 13.2 Å². The molecule has 0 aliphatic carbocycles. The summed E-state index contributed by atoms with van der Waals surface area (Å²) < 4.78 is 0. The minimum atomic E-state index is -0.155. The van der Waals surface area contributed by atoms with Gasteiger partial charge < -0.3 is 10.2 Å². The standard InChI is InChI=1S/C8H8O2/c1-5-3-7(9)8(10)4-6(5)2/h3-4,9-10H,1-2H2. The second-order valence-corrected chi connectivity index (χ2v) is 2.11. The van der Waals surface area contributed by atoms with Crippen molar-refractivity contribution in [1.82, 2.24) is 0 Å². The van der Waals surface area contributed by atoms with Crippen LogP contribution in [0.25, 0.3) is 13.2 Å². The second-order valence-electron chi connectivity index (χ2n) is 2.11. The summed E-state index contributed by atoms with van der Waals surface area (Å²) >= 11 is 0. The molecular weight excluding hydrogens is 128 g/mol. The molecule has 52 valence electrons. The molecule has 0 spiro atoms. The lowest BCUT2D eigenvalue weighted by Gasteiger charge is -1.94. The predicted molar refractivity (Wildman–Crippen MR) is 40.1 cm³/mol. The lowest BCUT2D eigenvalue weighted by atomic mass is 10.2. The van der Waals surface area contributed by atoms with E-state index < -0.39 is 0 Å². The van der Waals surface area contributed by atoms with E-state index in [0.717, 1.165) is 0 Å². The van der Waals surface area contributed by atoms with E-state index in [1.54, 1.807) is 0 Å². The van der Waals surface area contributed by atoms with Crippen molar-refractivity contribution in [3.63, 3.8) is 0 Å². The van der Waals surface area contributed by atoms with E-state index >= 15 is 0 Å². The highest BCUT2D eigenvalue weighted by molar-refractivity contribution is 5.39. The molecule has 10 heavy (non-hydrogen) atoms. The second kappa shape index (κ2) is 2.06. The maximum Gasteiger partial charge on any atom is 0.158 e. The smallest absolute Gasteiger partial charge is 0.158 e. The highest BCUT2D eigenvalue weighted by Gasteiger charge is 1.94. The average molecular weight is 136 g/mol. The van der Waals surface area contributed by atoms with Crippen LogP contribution in [0.2, 0.25) is 0 Å². The molecule has 0 saturated heterocycles. The summed E-state index contributed by atoms with van der Waals surface area (Å²) in [5, 5.41) is 19.1. The lowest BCUT2D eigenvalue weighted by molar-refractivity contribution is 0.403. The summed E-state index contributed by atoms with van der Waals surface area (Å²) in [6.45, 7) is 7.18. The summed E-state index contributed by atoms with van der Waals surface area (Å²) in [6.07, 6.45) is 0. The van der Waals surface area contributed by atoms with Crippen LogP contribution in [-0.4, -0.2) is 10.2 Å². The number of phenols is 2. The number of hydrogen-bond donors (Lipinski definition) is 2. The van der Waals surface area contributed by atoms with Crippen LogP contribution < -0.4 is 10.4 Å². The SMILES string of the molecule is C=c1cc(O)c(O)cc1=C. The summed E-state index contributed by atoms with van der Waals surface area (Å²) in [4.78, 5) is 0. The van der Waals surface area contributed by atoms with Gasteiger partial charge >= 0.3 is 0 Å². The van der Waals surface area contributed by atoms with Gasteiger partial charge in [0.2, 0.25) is 0 Å². The molecule has 0 amide bonds. The van der Waals surface area contributed by atoms with Crippen molar-refractivity contribution >= 4 is 13.2 Å². The van der Waals surface area contributed by atoms with Crippen LogP contribution in [0.4, 0.5) is 0 Å². The molecule has 2 N–H and O–H groups in total. The van der Waals surface area contributed by atoms with Gasteiger partial charge in [-0.2, -0.15) is 0 Å². The molecule has 0 unspecified atom stereocenters. The first-order chi connectivity index (χ1) is 4.61. The zero-order valence-electron chi connectivity index (χ0n) is 5.46. The van der Waals surface area contributed by atoms with E-state index in [1.165, 1.54) is 12.1 Å². The molecule has 1 aromatic carbocycles. The molecule has 1 aromatic rings. The topological polar surface area (TPSA) is 40.5 Å². The van der Waals surface area contributed by atoms with Gasteiger partial charge in [-0.25, -0.2) is 0 Å². The van der Waals surface area contributed by atoms with Gasteiger partial charge in [-0.05, 0) is 22.6 Å². The Morgan fingerprint density at radius 2 is 1.20 bits per heavy atom. The van der Waals surface area contributed by atoms with Crippen LogP contribution in [0.15, 0.2) is 12.1 Å². The largest absolute Gasteiger partial charge is 0.504 e. The first-order valence-corrected chi connectivity index (χ1v) is 2.81. The maximum atomic E-state index is 8.91. The fourth-order valence-electron chi connectivity index (χ4n) is 0.663. The first-order valence-electron chi connectivity index (χ1n) is 2.81. The predicted octanol–water partition coefficient (Wildman–Crippen LogP) is -0.0816. The molecule has 0 saturated carbocycles. The van der Waals surface area contributed by atoms with Crippen LogP contribution in [0.1, 0.15) is 0 Å². The quantitative estimate of drug-likeness (QED) is 0.490. The minimum absolute atomic E-state index is 0.155. The van der Waals surface area contributed by atoms with E-state index in [-0.39, 0.29) is 11.5 Å². The summed E-state index contributed by atoms with van der Waals surface area (Å²) in [7, 11) is 0. The van der Waals surface area contributed by atoms with Crippen molar-refractivity contribution < 1.29 is 10.2 Å². The van der Waals surface area contributed by atoms with E-state index in [2.05, 4.69) is 13.2 Å². The Morgan fingerprint density at radius 1 is 0.900 bits per heavy atom. The highest BCUT2D eigenvalue weighted by atomic mass is 16.3. The molecule has 0 aliphatic rings.